The fourth-order valence-electron chi connectivity index (χ4n) is 3.93. The van der Waals surface area contributed by atoms with E-state index in [-0.39, 0.29) is 0 Å². The monoisotopic (exact) mass is 258 g/mol. The molecular formula is C17H26N2. The number of fused-ring (bicyclic) bond motifs is 2. The van der Waals surface area contributed by atoms with Crippen molar-refractivity contribution in [3.05, 3.63) is 35.4 Å². The SMILES string of the molecule is Cc1cccc(CNCC2CC3CCC(C2)N3C)c1. The first kappa shape index (κ1) is 13.1. The summed E-state index contributed by atoms with van der Waals surface area (Å²) in [6, 6.07) is 10.6. The largest absolute Gasteiger partial charge is 0.312 e. The lowest BCUT2D eigenvalue weighted by Crippen LogP contribution is -2.42. The lowest BCUT2D eigenvalue weighted by molar-refractivity contribution is 0.133. The molecule has 2 unspecified atom stereocenters. The summed E-state index contributed by atoms with van der Waals surface area (Å²) in [5.41, 5.74) is 2.77. The van der Waals surface area contributed by atoms with E-state index in [0.717, 1.165) is 24.5 Å². The van der Waals surface area contributed by atoms with Crippen molar-refractivity contribution < 1.29 is 0 Å². The quantitative estimate of drug-likeness (QED) is 0.893. The van der Waals surface area contributed by atoms with Crippen LogP contribution in [-0.4, -0.2) is 30.6 Å². The molecule has 2 aliphatic rings. The van der Waals surface area contributed by atoms with E-state index >= 15 is 0 Å². The molecule has 1 aromatic rings. The summed E-state index contributed by atoms with van der Waals surface area (Å²) in [6.45, 7) is 4.37. The fourth-order valence-corrected chi connectivity index (χ4v) is 3.93. The fraction of sp³-hybridized carbons (Fsp3) is 0.647. The van der Waals surface area contributed by atoms with Crippen LogP contribution >= 0.6 is 0 Å². The van der Waals surface area contributed by atoms with Crippen LogP contribution in [0.25, 0.3) is 0 Å². The Morgan fingerprint density at radius 2 is 1.95 bits per heavy atom. The molecule has 2 heterocycles. The van der Waals surface area contributed by atoms with Crippen LogP contribution in [0, 0.1) is 12.8 Å². The number of nitrogens with zero attached hydrogens (tertiary/aromatic N) is 1. The molecule has 104 valence electrons. The molecule has 2 aliphatic heterocycles. The average Bonchev–Trinajstić information content (AvgIpc) is 2.63. The summed E-state index contributed by atoms with van der Waals surface area (Å²) >= 11 is 0. The van der Waals surface area contributed by atoms with Crippen LogP contribution in [0.15, 0.2) is 24.3 Å². The highest BCUT2D eigenvalue weighted by molar-refractivity contribution is 5.21. The minimum Gasteiger partial charge on any atom is -0.312 e. The van der Waals surface area contributed by atoms with Gasteiger partial charge in [-0.2, -0.15) is 0 Å². The highest BCUT2D eigenvalue weighted by atomic mass is 15.2. The van der Waals surface area contributed by atoms with Gasteiger partial charge in [-0.15, -0.1) is 0 Å². The summed E-state index contributed by atoms with van der Waals surface area (Å²) in [4.78, 5) is 2.62. The number of hydrogen-bond donors (Lipinski definition) is 1. The Labute approximate surface area is 117 Å². The Bertz CT molecular complexity index is 415. The lowest BCUT2D eigenvalue weighted by atomic mass is 9.91. The molecular weight excluding hydrogens is 232 g/mol. The second-order valence-electron chi connectivity index (χ2n) is 6.51. The standard InChI is InChI=1S/C17H26N2/c1-13-4-3-5-14(8-13)11-18-12-15-9-16-6-7-17(10-15)19(16)2/h3-5,8,15-18H,6-7,9-12H2,1-2H3. The van der Waals surface area contributed by atoms with E-state index in [9.17, 15) is 0 Å². The van der Waals surface area contributed by atoms with Crippen molar-refractivity contribution in [1.82, 2.24) is 10.2 Å². The zero-order chi connectivity index (χ0) is 13.2. The van der Waals surface area contributed by atoms with Gasteiger partial charge in [0, 0.05) is 18.6 Å². The van der Waals surface area contributed by atoms with E-state index in [0.29, 0.717) is 0 Å². The van der Waals surface area contributed by atoms with Crippen LogP contribution in [-0.2, 0) is 6.54 Å². The molecule has 2 fully saturated rings. The Kier molecular flexibility index (Phi) is 3.90. The van der Waals surface area contributed by atoms with Gasteiger partial charge in [-0.05, 0) is 57.7 Å². The first-order valence-corrected chi connectivity index (χ1v) is 7.70. The van der Waals surface area contributed by atoms with Crippen LogP contribution in [0.4, 0.5) is 0 Å². The van der Waals surface area contributed by atoms with Gasteiger partial charge < -0.3 is 10.2 Å². The normalized spacial score (nSPS) is 30.7. The minimum atomic E-state index is 0.865. The molecule has 1 aromatic carbocycles. The topological polar surface area (TPSA) is 15.3 Å². The van der Waals surface area contributed by atoms with Crippen molar-refractivity contribution in [2.75, 3.05) is 13.6 Å². The molecule has 2 heteroatoms. The molecule has 19 heavy (non-hydrogen) atoms. The Hall–Kier alpha value is -0.860. The molecule has 0 saturated carbocycles. The van der Waals surface area contributed by atoms with Gasteiger partial charge in [0.25, 0.3) is 0 Å². The van der Waals surface area contributed by atoms with E-state index in [4.69, 9.17) is 0 Å². The van der Waals surface area contributed by atoms with Crippen molar-refractivity contribution in [2.24, 2.45) is 5.92 Å². The number of nitrogens with one attached hydrogen (secondary N) is 1. The Balaban J connectivity index is 1.46. The van der Waals surface area contributed by atoms with Crippen LogP contribution in [0.2, 0.25) is 0 Å². The highest BCUT2D eigenvalue weighted by Crippen LogP contribution is 2.36. The summed E-state index contributed by atoms with van der Waals surface area (Å²) in [6.07, 6.45) is 5.65. The third kappa shape index (κ3) is 3.01. The van der Waals surface area contributed by atoms with E-state index in [1.807, 2.05) is 0 Å². The van der Waals surface area contributed by atoms with Crippen LogP contribution in [0.3, 0.4) is 0 Å². The van der Waals surface area contributed by atoms with E-state index in [1.165, 1.54) is 43.4 Å². The zero-order valence-electron chi connectivity index (χ0n) is 12.2. The maximum atomic E-state index is 3.66. The van der Waals surface area contributed by atoms with Crippen LogP contribution in [0.1, 0.15) is 36.8 Å². The molecule has 0 radical (unpaired) electrons. The molecule has 0 amide bonds. The van der Waals surface area contributed by atoms with Crippen molar-refractivity contribution in [3.63, 3.8) is 0 Å². The predicted octanol–water partition coefficient (Wildman–Crippen LogP) is 2.96. The molecule has 3 rings (SSSR count). The lowest BCUT2D eigenvalue weighted by Gasteiger charge is -2.36. The number of aryl methyl sites for hydroxylation is 1. The zero-order valence-corrected chi connectivity index (χ0v) is 12.2. The minimum absolute atomic E-state index is 0.865. The third-order valence-electron chi connectivity index (χ3n) is 5.04. The molecule has 1 N–H and O–H groups in total. The molecule has 0 spiro atoms. The van der Waals surface area contributed by atoms with Crippen molar-refractivity contribution in [1.29, 1.82) is 0 Å². The van der Waals surface area contributed by atoms with E-state index < -0.39 is 0 Å². The Morgan fingerprint density at radius 3 is 2.63 bits per heavy atom. The molecule has 2 saturated heterocycles. The number of hydrogen-bond acceptors (Lipinski definition) is 2. The maximum absolute atomic E-state index is 3.66. The average molecular weight is 258 g/mol. The van der Waals surface area contributed by atoms with Gasteiger partial charge in [-0.25, -0.2) is 0 Å². The second kappa shape index (κ2) is 5.64. The van der Waals surface area contributed by atoms with Crippen molar-refractivity contribution in [3.8, 4) is 0 Å². The smallest absolute Gasteiger partial charge is 0.0205 e. The van der Waals surface area contributed by atoms with Crippen LogP contribution < -0.4 is 5.32 Å². The van der Waals surface area contributed by atoms with Crippen molar-refractivity contribution in [2.45, 2.75) is 51.2 Å². The number of piperidine rings is 1. The first-order valence-electron chi connectivity index (χ1n) is 7.70. The maximum Gasteiger partial charge on any atom is 0.0205 e. The molecule has 0 aromatic heterocycles. The van der Waals surface area contributed by atoms with Gasteiger partial charge in [0.05, 0.1) is 0 Å². The number of rotatable bonds is 4. The third-order valence-corrected chi connectivity index (χ3v) is 5.04. The summed E-state index contributed by atoms with van der Waals surface area (Å²) in [7, 11) is 2.32. The van der Waals surface area contributed by atoms with Gasteiger partial charge in [0.15, 0.2) is 0 Å². The summed E-state index contributed by atoms with van der Waals surface area (Å²) in [5, 5.41) is 3.66. The van der Waals surface area contributed by atoms with Gasteiger partial charge in [0.1, 0.15) is 0 Å². The first-order chi connectivity index (χ1) is 9.22. The van der Waals surface area contributed by atoms with E-state index in [2.05, 4.69) is 48.5 Å². The Morgan fingerprint density at radius 1 is 1.21 bits per heavy atom. The highest BCUT2D eigenvalue weighted by Gasteiger charge is 2.37. The molecule has 2 atom stereocenters. The van der Waals surface area contributed by atoms with Gasteiger partial charge in [-0.1, -0.05) is 29.8 Å². The molecule has 2 nitrogen and oxygen atoms in total. The summed E-state index contributed by atoms with van der Waals surface area (Å²) in [5.74, 6) is 0.888. The van der Waals surface area contributed by atoms with Gasteiger partial charge >= 0.3 is 0 Å². The number of benzene rings is 1. The predicted molar refractivity (Wildman–Crippen MR) is 80.2 cm³/mol. The van der Waals surface area contributed by atoms with Crippen LogP contribution in [0.5, 0.6) is 0 Å². The van der Waals surface area contributed by atoms with Crippen molar-refractivity contribution >= 4 is 0 Å². The van der Waals surface area contributed by atoms with Gasteiger partial charge in [-0.3, -0.25) is 0 Å². The van der Waals surface area contributed by atoms with Gasteiger partial charge in [0.2, 0.25) is 0 Å². The molecule has 0 aliphatic carbocycles. The molecule has 2 bridgehead atoms. The van der Waals surface area contributed by atoms with E-state index in [1.54, 1.807) is 0 Å². The second-order valence-corrected chi connectivity index (χ2v) is 6.51. The summed E-state index contributed by atoms with van der Waals surface area (Å²) < 4.78 is 0.